The predicted molar refractivity (Wildman–Crippen MR) is 86.8 cm³/mol. The number of rotatable bonds is 4. The molecule has 1 heterocycles. The number of hydrogen-bond donors (Lipinski definition) is 1. The normalized spacial score (nSPS) is 15.3. The first-order valence-electron chi connectivity index (χ1n) is 7.33. The molecule has 25 heavy (non-hydrogen) atoms. The number of hydrogen-bond acceptors (Lipinski definition) is 4. The summed E-state index contributed by atoms with van der Waals surface area (Å²) >= 11 is 0. The summed E-state index contributed by atoms with van der Waals surface area (Å²) in [5.41, 5.74) is 0.464. The van der Waals surface area contributed by atoms with Crippen LogP contribution in [-0.2, 0) is 19.6 Å². The number of benzene rings is 2. The van der Waals surface area contributed by atoms with Crippen molar-refractivity contribution in [2.45, 2.75) is 4.90 Å². The van der Waals surface area contributed by atoms with Crippen molar-refractivity contribution in [1.29, 1.82) is 0 Å². The first-order chi connectivity index (χ1) is 11.9. The predicted octanol–water partition coefficient (Wildman–Crippen LogP) is 2.13. The van der Waals surface area contributed by atoms with E-state index in [1.165, 1.54) is 29.2 Å². The van der Waals surface area contributed by atoms with Gasteiger partial charge in [-0.3, -0.25) is 9.52 Å². The highest BCUT2D eigenvalue weighted by Gasteiger charge is 2.21. The van der Waals surface area contributed by atoms with Crippen LogP contribution >= 0.6 is 0 Å². The van der Waals surface area contributed by atoms with Gasteiger partial charge in [0.2, 0.25) is 0 Å². The average Bonchev–Trinajstić information content (AvgIpc) is 2.58. The van der Waals surface area contributed by atoms with Gasteiger partial charge in [-0.05, 0) is 36.4 Å². The lowest BCUT2D eigenvalue weighted by Gasteiger charge is -2.26. The van der Waals surface area contributed by atoms with Crippen molar-refractivity contribution in [2.75, 3.05) is 29.4 Å². The van der Waals surface area contributed by atoms with E-state index in [0.29, 0.717) is 18.8 Å². The molecule has 2 aromatic rings. The highest BCUT2D eigenvalue weighted by molar-refractivity contribution is 7.92. The highest BCUT2D eigenvalue weighted by atomic mass is 32.2. The SMILES string of the molecule is O=C1COCCN1c1ccc(S(=O)(=O)Nc2ccc(F)c(F)c2)cc1. The zero-order valence-electron chi connectivity index (χ0n) is 12.9. The Kier molecular flexibility index (Phi) is 4.69. The van der Waals surface area contributed by atoms with Crippen molar-refractivity contribution in [1.82, 2.24) is 0 Å². The molecule has 2 aromatic carbocycles. The van der Waals surface area contributed by atoms with E-state index < -0.39 is 21.7 Å². The minimum absolute atomic E-state index is 0.0161. The first-order valence-corrected chi connectivity index (χ1v) is 8.81. The van der Waals surface area contributed by atoms with Crippen LogP contribution in [0.4, 0.5) is 20.2 Å². The number of morpholine rings is 1. The van der Waals surface area contributed by atoms with Gasteiger partial charge in [0.25, 0.3) is 15.9 Å². The van der Waals surface area contributed by atoms with Gasteiger partial charge in [-0.1, -0.05) is 0 Å². The monoisotopic (exact) mass is 368 g/mol. The average molecular weight is 368 g/mol. The molecular formula is C16H14F2N2O4S. The molecule has 0 bridgehead atoms. The summed E-state index contributed by atoms with van der Waals surface area (Å²) in [7, 11) is -3.97. The number of anilines is 2. The Morgan fingerprint density at radius 3 is 2.40 bits per heavy atom. The van der Waals surface area contributed by atoms with E-state index in [1.54, 1.807) is 0 Å². The van der Waals surface area contributed by atoms with Crippen molar-refractivity contribution in [3.8, 4) is 0 Å². The maximum absolute atomic E-state index is 13.2. The zero-order valence-corrected chi connectivity index (χ0v) is 13.7. The Hall–Kier alpha value is -2.52. The Morgan fingerprint density at radius 2 is 1.76 bits per heavy atom. The molecule has 3 rings (SSSR count). The molecule has 9 heteroatoms. The van der Waals surface area contributed by atoms with Crippen LogP contribution in [0.15, 0.2) is 47.4 Å². The third-order valence-electron chi connectivity index (χ3n) is 3.62. The Bertz CT molecular complexity index is 901. The molecule has 1 fully saturated rings. The number of halogens is 2. The summed E-state index contributed by atoms with van der Waals surface area (Å²) in [5, 5.41) is 0. The molecule has 1 aliphatic rings. The van der Waals surface area contributed by atoms with Gasteiger partial charge in [0.1, 0.15) is 6.61 Å². The Morgan fingerprint density at radius 1 is 1.04 bits per heavy atom. The van der Waals surface area contributed by atoms with Crippen LogP contribution in [0.5, 0.6) is 0 Å². The summed E-state index contributed by atoms with van der Waals surface area (Å²) in [6, 6.07) is 8.39. The standard InChI is InChI=1S/C16H14F2N2O4S/c17-14-6-1-11(9-15(14)18)19-25(22,23)13-4-2-12(3-5-13)20-7-8-24-10-16(20)21/h1-6,9,19H,7-8,10H2. The number of sulfonamides is 1. The third kappa shape index (κ3) is 3.77. The van der Waals surface area contributed by atoms with Gasteiger partial charge >= 0.3 is 0 Å². The second kappa shape index (κ2) is 6.77. The minimum Gasteiger partial charge on any atom is -0.370 e. The molecule has 132 valence electrons. The van der Waals surface area contributed by atoms with Gasteiger partial charge in [-0.15, -0.1) is 0 Å². The van der Waals surface area contributed by atoms with E-state index in [2.05, 4.69) is 4.72 Å². The van der Waals surface area contributed by atoms with Crippen molar-refractivity contribution in [3.63, 3.8) is 0 Å². The number of carbonyl (C=O) groups is 1. The summed E-state index contributed by atoms with van der Waals surface area (Å²) < 4.78 is 58.0. The van der Waals surface area contributed by atoms with Crippen molar-refractivity contribution < 1.29 is 26.7 Å². The lowest BCUT2D eigenvalue weighted by Crippen LogP contribution is -2.41. The number of carbonyl (C=O) groups excluding carboxylic acids is 1. The van der Waals surface area contributed by atoms with Crippen LogP contribution in [0.1, 0.15) is 0 Å². The summed E-state index contributed by atoms with van der Waals surface area (Å²) in [6.45, 7) is 0.777. The van der Waals surface area contributed by atoms with Crippen molar-refractivity contribution >= 4 is 27.3 Å². The van der Waals surface area contributed by atoms with E-state index in [4.69, 9.17) is 4.74 Å². The maximum Gasteiger partial charge on any atom is 0.261 e. The van der Waals surface area contributed by atoms with E-state index >= 15 is 0 Å². The maximum atomic E-state index is 13.2. The first kappa shape index (κ1) is 17.3. The molecule has 0 atom stereocenters. The number of amides is 1. The van der Waals surface area contributed by atoms with Gasteiger partial charge in [0.15, 0.2) is 11.6 Å². The van der Waals surface area contributed by atoms with Gasteiger partial charge < -0.3 is 9.64 Å². The van der Waals surface area contributed by atoms with E-state index in [0.717, 1.165) is 18.2 Å². The van der Waals surface area contributed by atoms with Crippen LogP contribution in [-0.4, -0.2) is 34.1 Å². The number of nitrogens with zero attached hydrogens (tertiary/aromatic N) is 1. The van der Waals surface area contributed by atoms with E-state index in [-0.39, 0.29) is 23.1 Å². The zero-order chi connectivity index (χ0) is 18.0. The molecule has 0 aliphatic carbocycles. The van der Waals surface area contributed by atoms with Crippen molar-refractivity contribution in [3.05, 3.63) is 54.1 Å². The molecule has 0 unspecified atom stereocenters. The van der Waals surface area contributed by atoms with Crippen LogP contribution in [0.2, 0.25) is 0 Å². The molecule has 1 saturated heterocycles. The van der Waals surface area contributed by atoms with Crippen LogP contribution in [0.25, 0.3) is 0 Å². The molecular weight excluding hydrogens is 354 g/mol. The molecule has 0 radical (unpaired) electrons. The topological polar surface area (TPSA) is 75.7 Å². The molecule has 0 spiro atoms. The van der Waals surface area contributed by atoms with Gasteiger partial charge in [-0.25, -0.2) is 17.2 Å². The Labute approximate surface area is 143 Å². The Balaban J connectivity index is 1.80. The molecule has 1 N–H and O–H groups in total. The molecule has 1 amide bonds. The molecule has 1 aliphatic heterocycles. The van der Waals surface area contributed by atoms with Gasteiger partial charge in [0, 0.05) is 18.3 Å². The van der Waals surface area contributed by atoms with Crippen LogP contribution < -0.4 is 9.62 Å². The van der Waals surface area contributed by atoms with Crippen LogP contribution in [0, 0.1) is 11.6 Å². The van der Waals surface area contributed by atoms with Gasteiger partial charge in [-0.2, -0.15) is 0 Å². The fraction of sp³-hybridized carbons (Fsp3) is 0.188. The lowest BCUT2D eigenvalue weighted by atomic mass is 10.2. The quantitative estimate of drug-likeness (QED) is 0.897. The largest absolute Gasteiger partial charge is 0.370 e. The second-order valence-corrected chi connectivity index (χ2v) is 7.01. The summed E-state index contributed by atoms with van der Waals surface area (Å²) in [4.78, 5) is 13.2. The van der Waals surface area contributed by atoms with Crippen LogP contribution in [0.3, 0.4) is 0 Å². The summed E-state index contributed by atoms with van der Waals surface area (Å²) in [6.07, 6.45) is 0. The van der Waals surface area contributed by atoms with Crippen molar-refractivity contribution in [2.24, 2.45) is 0 Å². The summed E-state index contributed by atoms with van der Waals surface area (Å²) in [5.74, 6) is -2.43. The molecule has 0 saturated carbocycles. The lowest BCUT2D eigenvalue weighted by molar-refractivity contribution is -0.125. The second-order valence-electron chi connectivity index (χ2n) is 5.33. The van der Waals surface area contributed by atoms with Gasteiger partial charge in [0.05, 0.1) is 17.2 Å². The number of nitrogens with one attached hydrogen (secondary N) is 1. The third-order valence-corrected chi connectivity index (χ3v) is 5.01. The van der Waals surface area contributed by atoms with E-state index in [1.807, 2.05) is 0 Å². The molecule has 6 nitrogen and oxygen atoms in total. The molecule has 0 aromatic heterocycles. The highest BCUT2D eigenvalue weighted by Crippen LogP contribution is 2.22. The fourth-order valence-electron chi connectivity index (χ4n) is 2.37. The van der Waals surface area contributed by atoms with E-state index in [9.17, 15) is 22.0 Å². The smallest absolute Gasteiger partial charge is 0.261 e. The number of ether oxygens (including phenoxy) is 1. The minimum atomic E-state index is -3.97. The fourth-order valence-corrected chi connectivity index (χ4v) is 3.42.